The molecule has 3 heteroatoms. The minimum Gasteiger partial charge on any atom is -0.497 e. The number of hydrogen-bond donors (Lipinski definition) is 0. The van der Waals surface area contributed by atoms with Crippen LogP contribution in [0, 0.1) is 0 Å². The predicted molar refractivity (Wildman–Crippen MR) is 80.1 cm³/mol. The largest absolute Gasteiger partial charge is 0.497 e. The van der Waals surface area contributed by atoms with Crippen LogP contribution >= 0.6 is 0 Å². The van der Waals surface area contributed by atoms with Gasteiger partial charge in [-0.2, -0.15) is 0 Å². The van der Waals surface area contributed by atoms with Crippen molar-refractivity contribution in [2.75, 3.05) is 20.7 Å². The topological polar surface area (TPSA) is 21.7 Å². The third kappa shape index (κ3) is 2.23. The second-order valence-corrected chi connectivity index (χ2v) is 6.25. The Balaban J connectivity index is 2.03. The van der Waals surface area contributed by atoms with E-state index >= 15 is 0 Å². The maximum Gasteiger partial charge on any atom is 0.119 e. The van der Waals surface area contributed by atoms with Crippen molar-refractivity contribution in [1.29, 1.82) is 0 Å². The van der Waals surface area contributed by atoms with Crippen LogP contribution in [0.1, 0.15) is 38.2 Å². The summed E-state index contributed by atoms with van der Waals surface area (Å²) in [7, 11) is 3.97. The lowest BCUT2D eigenvalue weighted by Crippen LogP contribution is -2.60. The highest BCUT2D eigenvalue weighted by atomic mass is 16.5. The second kappa shape index (κ2) is 5.38. The molecule has 1 aromatic carbocycles. The second-order valence-electron chi connectivity index (χ2n) is 6.25. The van der Waals surface area contributed by atoms with Crippen molar-refractivity contribution in [3.63, 3.8) is 0 Å². The molecule has 0 amide bonds. The van der Waals surface area contributed by atoms with E-state index in [1.165, 1.54) is 24.8 Å². The first kappa shape index (κ1) is 13.9. The number of rotatable bonds is 2. The van der Waals surface area contributed by atoms with Gasteiger partial charge in [-0.25, -0.2) is 0 Å². The van der Waals surface area contributed by atoms with Crippen LogP contribution in [0.15, 0.2) is 24.3 Å². The molecule has 110 valence electrons. The van der Waals surface area contributed by atoms with Gasteiger partial charge in [-0.1, -0.05) is 25.0 Å². The van der Waals surface area contributed by atoms with E-state index in [9.17, 15) is 0 Å². The molecule has 0 radical (unpaired) electrons. The van der Waals surface area contributed by atoms with Crippen LogP contribution in [0.2, 0.25) is 0 Å². The van der Waals surface area contributed by atoms with E-state index in [2.05, 4.69) is 37.1 Å². The first-order chi connectivity index (χ1) is 9.65. The monoisotopic (exact) mass is 275 g/mol. The van der Waals surface area contributed by atoms with E-state index in [1.807, 2.05) is 6.07 Å². The fourth-order valence-electron chi connectivity index (χ4n) is 4.06. The molecule has 1 aliphatic carbocycles. The quantitative estimate of drug-likeness (QED) is 0.827. The Labute approximate surface area is 121 Å². The van der Waals surface area contributed by atoms with Crippen molar-refractivity contribution in [1.82, 2.24) is 4.90 Å². The highest BCUT2D eigenvalue weighted by Gasteiger charge is 2.49. The Morgan fingerprint density at radius 1 is 1.35 bits per heavy atom. The summed E-state index contributed by atoms with van der Waals surface area (Å²) in [6.45, 7) is 3.21. The molecule has 2 aliphatic rings. The van der Waals surface area contributed by atoms with Gasteiger partial charge in [0.1, 0.15) is 11.4 Å². The van der Waals surface area contributed by atoms with Gasteiger partial charge < -0.3 is 9.47 Å². The summed E-state index contributed by atoms with van der Waals surface area (Å²) in [4.78, 5) is 2.49. The van der Waals surface area contributed by atoms with Crippen molar-refractivity contribution in [3.05, 3.63) is 29.8 Å². The van der Waals surface area contributed by atoms with Gasteiger partial charge >= 0.3 is 0 Å². The van der Waals surface area contributed by atoms with Gasteiger partial charge in [0.15, 0.2) is 0 Å². The average Bonchev–Trinajstić information content (AvgIpc) is 2.47. The van der Waals surface area contributed by atoms with Gasteiger partial charge in [0.05, 0.1) is 13.2 Å². The van der Waals surface area contributed by atoms with Gasteiger partial charge in [-0.05, 0) is 44.5 Å². The number of methoxy groups -OCH3 is 1. The van der Waals surface area contributed by atoms with E-state index in [4.69, 9.17) is 9.47 Å². The number of benzene rings is 1. The van der Waals surface area contributed by atoms with E-state index in [1.54, 1.807) is 7.11 Å². The van der Waals surface area contributed by atoms with E-state index in [-0.39, 0.29) is 11.7 Å². The van der Waals surface area contributed by atoms with Crippen LogP contribution in [0.5, 0.6) is 5.75 Å². The smallest absolute Gasteiger partial charge is 0.119 e. The van der Waals surface area contributed by atoms with Crippen LogP contribution in [0.3, 0.4) is 0 Å². The van der Waals surface area contributed by atoms with Gasteiger partial charge in [0, 0.05) is 12.6 Å². The minimum absolute atomic E-state index is 0.154. The Hall–Kier alpha value is -1.06. The normalized spacial score (nSPS) is 34.5. The zero-order valence-electron chi connectivity index (χ0n) is 12.8. The van der Waals surface area contributed by atoms with Gasteiger partial charge in [-0.3, -0.25) is 4.90 Å². The van der Waals surface area contributed by atoms with E-state index < -0.39 is 0 Å². The van der Waals surface area contributed by atoms with E-state index in [0.717, 1.165) is 18.7 Å². The lowest BCUT2D eigenvalue weighted by molar-refractivity contribution is -0.198. The minimum atomic E-state index is -0.154. The van der Waals surface area contributed by atoms with Crippen LogP contribution in [-0.4, -0.2) is 37.7 Å². The molecule has 1 aliphatic heterocycles. The summed E-state index contributed by atoms with van der Waals surface area (Å²) in [6, 6.07) is 8.93. The zero-order chi connectivity index (χ0) is 14.2. The summed E-state index contributed by atoms with van der Waals surface area (Å²) in [5.41, 5.74) is 1.12. The standard InChI is InChI=1S/C17H25NO2/c1-13-12-18(2)16-9-4-5-10-17(16,20-13)14-7-6-8-15(11-14)19-3/h6-8,11,13,16H,4-5,9-10,12H2,1-3H3/t13?,16?,17-/m1/s1. The Kier molecular flexibility index (Phi) is 3.74. The molecular weight excluding hydrogens is 250 g/mol. The number of ether oxygens (including phenoxy) is 2. The third-order valence-corrected chi connectivity index (χ3v) is 4.86. The molecule has 0 bridgehead atoms. The van der Waals surface area contributed by atoms with Crippen molar-refractivity contribution in [3.8, 4) is 5.75 Å². The molecule has 0 N–H and O–H groups in total. The molecule has 3 nitrogen and oxygen atoms in total. The molecular formula is C17H25NO2. The van der Waals surface area contributed by atoms with Crippen LogP contribution in [-0.2, 0) is 10.3 Å². The molecule has 1 aromatic rings. The average molecular weight is 275 g/mol. The lowest BCUT2D eigenvalue weighted by Gasteiger charge is -2.53. The molecule has 3 rings (SSSR count). The predicted octanol–water partition coefficient (Wildman–Crippen LogP) is 3.18. The zero-order valence-corrected chi connectivity index (χ0v) is 12.8. The fraction of sp³-hybridized carbons (Fsp3) is 0.647. The Morgan fingerprint density at radius 3 is 3.00 bits per heavy atom. The maximum atomic E-state index is 6.54. The molecule has 20 heavy (non-hydrogen) atoms. The summed E-state index contributed by atoms with van der Waals surface area (Å²) in [5, 5.41) is 0. The number of hydrogen-bond acceptors (Lipinski definition) is 3. The number of nitrogens with zero attached hydrogens (tertiary/aromatic N) is 1. The molecule has 1 saturated heterocycles. The molecule has 0 spiro atoms. The van der Waals surface area contributed by atoms with Gasteiger partial charge in [0.2, 0.25) is 0 Å². The van der Waals surface area contributed by atoms with Crippen molar-refractivity contribution in [2.45, 2.75) is 50.4 Å². The third-order valence-electron chi connectivity index (χ3n) is 4.86. The molecule has 0 aromatic heterocycles. The highest BCUT2D eigenvalue weighted by molar-refractivity contribution is 5.34. The molecule has 2 unspecified atom stereocenters. The number of morpholine rings is 1. The maximum absolute atomic E-state index is 6.54. The Morgan fingerprint density at radius 2 is 2.20 bits per heavy atom. The first-order valence-electron chi connectivity index (χ1n) is 7.68. The van der Waals surface area contributed by atoms with Crippen molar-refractivity contribution >= 4 is 0 Å². The number of fused-ring (bicyclic) bond motifs is 1. The summed E-state index contributed by atoms with van der Waals surface area (Å²) < 4.78 is 11.9. The highest BCUT2D eigenvalue weighted by Crippen LogP contribution is 2.46. The van der Waals surface area contributed by atoms with Crippen molar-refractivity contribution < 1.29 is 9.47 Å². The van der Waals surface area contributed by atoms with Crippen LogP contribution < -0.4 is 4.74 Å². The number of likely N-dealkylation sites (N-methyl/N-ethyl adjacent to an activating group) is 1. The molecule has 2 fully saturated rings. The van der Waals surface area contributed by atoms with E-state index in [0.29, 0.717) is 6.04 Å². The van der Waals surface area contributed by atoms with Crippen LogP contribution in [0.25, 0.3) is 0 Å². The summed E-state index contributed by atoms with van der Waals surface area (Å²) in [6.07, 6.45) is 5.16. The lowest BCUT2D eigenvalue weighted by atomic mass is 9.73. The molecule has 3 atom stereocenters. The van der Waals surface area contributed by atoms with Crippen molar-refractivity contribution in [2.24, 2.45) is 0 Å². The molecule has 1 saturated carbocycles. The van der Waals surface area contributed by atoms with Gasteiger partial charge in [-0.15, -0.1) is 0 Å². The Bertz CT molecular complexity index is 476. The molecule has 1 heterocycles. The van der Waals surface area contributed by atoms with Crippen LogP contribution in [0.4, 0.5) is 0 Å². The summed E-state index contributed by atoms with van der Waals surface area (Å²) in [5.74, 6) is 0.922. The summed E-state index contributed by atoms with van der Waals surface area (Å²) >= 11 is 0. The fourth-order valence-corrected chi connectivity index (χ4v) is 4.06. The first-order valence-corrected chi connectivity index (χ1v) is 7.68. The van der Waals surface area contributed by atoms with Gasteiger partial charge in [0.25, 0.3) is 0 Å². The SMILES string of the molecule is COc1cccc([C@]23CCCCC2N(C)CC(C)O3)c1.